The SMILES string of the molecule is COc1cccc(CNC(=O)[C@H](C)n2cccn2)c1OC. The topological polar surface area (TPSA) is 65.4 Å². The Balaban J connectivity index is 2.04. The third kappa shape index (κ3) is 3.34. The maximum atomic E-state index is 12.1. The number of carbonyl (C=O) groups excluding carboxylic acids is 1. The van der Waals surface area contributed by atoms with E-state index >= 15 is 0 Å². The summed E-state index contributed by atoms with van der Waals surface area (Å²) in [5, 5.41) is 6.94. The van der Waals surface area contributed by atoms with E-state index in [0.29, 0.717) is 18.0 Å². The molecule has 0 radical (unpaired) electrons. The lowest BCUT2D eigenvalue weighted by atomic mass is 10.1. The summed E-state index contributed by atoms with van der Waals surface area (Å²) in [5.41, 5.74) is 0.859. The molecular weight excluding hydrogens is 270 g/mol. The highest BCUT2D eigenvalue weighted by Gasteiger charge is 2.16. The molecule has 1 N–H and O–H groups in total. The Hall–Kier alpha value is -2.50. The Morgan fingerprint density at radius 2 is 2.14 bits per heavy atom. The first-order valence-electron chi connectivity index (χ1n) is 6.64. The van der Waals surface area contributed by atoms with Crippen LogP contribution in [0.25, 0.3) is 0 Å². The molecule has 6 nitrogen and oxygen atoms in total. The number of methoxy groups -OCH3 is 2. The number of aromatic nitrogens is 2. The van der Waals surface area contributed by atoms with E-state index in [2.05, 4.69) is 10.4 Å². The van der Waals surface area contributed by atoms with E-state index in [9.17, 15) is 4.79 Å². The van der Waals surface area contributed by atoms with E-state index in [1.807, 2.05) is 18.2 Å². The Morgan fingerprint density at radius 1 is 1.33 bits per heavy atom. The smallest absolute Gasteiger partial charge is 0.244 e. The van der Waals surface area contributed by atoms with Crippen LogP contribution in [0, 0.1) is 0 Å². The van der Waals surface area contributed by atoms with Gasteiger partial charge in [0.05, 0.1) is 14.2 Å². The van der Waals surface area contributed by atoms with E-state index in [1.54, 1.807) is 44.3 Å². The van der Waals surface area contributed by atoms with Crippen LogP contribution < -0.4 is 14.8 Å². The number of nitrogens with zero attached hydrogens (tertiary/aromatic N) is 2. The van der Waals surface area contributed by atoms with Crippen molar-refractivity contribution in [1.29, 1.82) is 0 Å². The summed E-state index contributed by atoms with van der Waals surface area (Å²) in [7, 11) is 3.16. The first-order valence-corrected chi connectivity index (χ1v) is 6.64. The number of rotatable bonds is 6. The van der Waals surface area contributed by atoms with E-state index in [0.717, 1.165) is 5.56 Å². The standard InChI is InChI=1S/C15H19N3O3/c1-11(18-9-5-8-17-18)15(19)16-10-12-6-4-7-13(20-2)14(12)21-3/h4-9,11H,10H2,1-3H3,(H,16,19)/t11-/m0/s1. The largest absolute Gasteiger partial charge is 0.493 e. The van der Waals surface area contributed by atoms with Crippen LogP contribution in [0.15, 0.2) is 36.7 Å². The van der Waals surface area contributed by atoms with Crippen LogP contribution in [0.2, 0.25) is 0 Å². The summed E-state index contributed by atoms with van der Waals surface area (Å²) < 4.78 is 12.2. The van der Waals surface area contributed by atoms with Crippen molar-refractivity contribution < 1.29 is 14.3 Å². The van der Waals surface area contributed by atoms with Crippen LogP contribution >= 0.6 is 0 Å². The van der Waals surface area contributed by atoms with Gasteiger partial charge >= 0.3 is 0 Å². The van der Waals surface area contributed by atoms with Crippen molar-refractivity contribution in [2.75, 3.05) is 14.2 Å². The van der Waals surface area contributed by atoms with Gasteiger partial charge in [-0.05, 0) is 19.1 Å². The summed E-state index contributed by atoms with van der Waals surface area (Å²) in [6.07, 6.45) is 3.41. The monoisotopic (exact) mass is 289 g/mol. The van der Waals surface area contributed by atoms with Gasteiger partial charge in [-0.1, -0.05) is 12.1 Å². The van der Waals surface area contributed by atoms with Crippen LogP contribution in [-0.2, 0) is 11.3 Å². The van der Waals surface area contributed by atoms with Crippen LogP contribution in [0.4, 0.5) is 0 Å². The molecule has 1 amide bonds. The lowest BCUT2D eigenvalue weighted by Gasteiger charge is -2.15. The normalized spacial score (nSPS) is 11.8. The maximum Gasteiger partial charge on any atom is 0.244 e. The summed E-state index contributed by atoms with van der Waals surface area (Å²) in [6.45, 7) is 2.16. The van der Waals surface area contributed by atoms with Crippen LogP contribution in [0.5, 0.6) is 11.5 Å². The number of hydrogen-bond donors (Lipinski definition) is 1. The molecule has 0 unspecified atom stereocenters. The molecule has 0 aliphatic carbocycles. The fourth-order valence-electron chi connectivity index (χ4n) is 2.05. The molecule has 2 rings (SSSR count). The van der Waals surface area contributed by atoms with Gasteiger partial charge in [-0.25, -0.2) is 0 Å². The van der Waals surface area contributed by atoms with Gasteiger partial charge < -0.3 is 14.8 Å². The molecule has 1 aromatic heterocycles. The average Bonchev–Trinajstić information content (AvgIpc) is 3.05. The quantitative estimate of drug-likeness (QED) is 0.880. The summed E-state index contributed by atoms with van der Waals surface area (Å²) >= 11 is 0. The highest BCUT2D eigenvalue weighted by molar-refractivity contribution is 5.79. The first kappa shape index (κ1) is 14.9. The zero-order valence-electron chi connectivity index (χ0n) is 12.4. The Kier molecular flexibility index (Phi) is 4.81. The number of ether oxygens (including phenoxy) is 2. The van der Waals surface area contributed by atoms with E-state index in [4.69, 9.17) is 9.47 Å². The fraction of sp³-hybridized carbons (Fsp3) is 0.333. The first-order chi connectivity index (χ1) is 10.2. The van der Waals surface area contributed by atoms with Crippen molar-refractivity contribution in [1.82, 2.24) is 15.1 Å². The van der Waals surface area contributed by atoms with Gasteiger partial charge in [-0.2, -0.15) is 5.10 Å². The summed E-state index contributed by atoms with van der Waals surface area (Å²) in [6, 6.07) is 6.99. The summed E-state index contributed by atoms with van der Waals surface area (Å²) in [5.74, 6) is 1.17. The molecule has 112 valence electrons. The molecule has 0 spiro atoms. The van der Waals surface area contributed by atoms with Gasteiger partial charge in [0.25, 0.3) is 0 Å². The maximum absolute atomic E-state index is 12.1. The second kappa shape index (κ2) is 6.78. The average molecular weight is 289 g/mol. The second-order valence-corrected chi connectivity index (χ2v) is 4.53. The molecule has 1 aromatic carbocycles. The number of benzene rings is 1. The predicted octanol–water partition coefficient (Wildman–Crippen LogP) is 1.78. The number of carbonyl (C=O) groups is 1. The molecule has 0 fully saturated rings. The molecule has 0 saturated carbocycles. The van der Waals surface area contributed by atoms with Crippen molar-refractivity contribution >= 4 is 5.91 Å². The lowest BCUT2D eigenvalue weighted by Crippen LogP contribution is -2.30. The Bertz CT molecular complexity index is 596. The van der Waals surface area contributed by atoms with Crippen LogP contribution in [0.1, 0.15) is 18.5 Å². The van der Waals surface area contributed by atoms with Gasteiger partial charge in [0, 0.05) is 24.5 Å². The molecule has 1 heterocycles. The van der Waals surface area contributed by atoms with E-state index in [1.165, 1.54) is 0 Å². The number of nitrogens with one attached hydrogen (secondary N) is 1. The van der Waals surface area contributed by atoms with Gasteiger partial charge in [0.1, 0.15) is 6.04 Å². The number of para-hydroxylation sites is 1. The molecular formula is C15H19N3O3. The zero-order valence-corrected chi connectivity index (χ0v) is 12.4. The van der Waals surface area contributed by atoms with Gasteiger partial charge in [-0.15, -0.1) is 0 Å². The molecule has 1 atom stereocenters. The van der Waals surface area contributed by atoms with Crippen LogP contribution in [0.3, 0.4) is 0 Å². The van der Waals surface area contributed by atoms with Crippen LogP contribution in [-0.4, -0.2) is 29.9 Å². The van der Waals surface area contributed by atoms with Gasteiger partial charge in [0.2, 0.25) is 5.91 Å². The molecule has 2 aromatic rings. The Morgan fingerprint density at radius 3 is 2.76 bits per heavy atom. The Labute approximate surface area is 123 Å². The molecule has 0 bridgehead atoms. The minimum Gasteiger partial charge on any atom is -0.493 e. The summed E-state index contributed by atoms with van der Waals surface area (Å²) in [4.78, 5) is 12.1. The minimum absolute atomic E-state index is 0.108. The third-order valence-corrected chi connectivity index (χ3v) is 3.24. The lowest BCUT2D eigenvalue weighted by molar-refractivity contribution is -0.124. The highest BCUT2D eigenvalue weighted by Crippen LogP contribution is 2.30. The van der Waals surface area contributed by atoms with Gasteiger partial charge in [0.15, 0.2) is 11.5 Å². The predicted molar refractivity (Wildman–Crippen MR) is 78.3 cm³/mol. The van der Waals surface area contributed by atoms with Gasteiger partial charge in [-0.3, -0.25) is 9.48 Å². The van der Waals surface area contributed by atoms with Crippen molar-refractivity contribution in [2.24, 2.45) is 0 Å². The fourth-order valence-corrected chi connectivity index (χ4v) is 2.05. The molecule has 0 aliphatic rings. The van der Waals surface area contributed by atoms with E-state index in [-0.39, 0.29) is 11.9 Å². The van der Waals surface area contributed by atoms with Crippen molar-refractivity contribution in [3.63, 3.8) is 0 Å². The molecule has 6 heteroatoms. The van der Waals surface area contributed by atoms with Crippen molar-refractivity contribution in [3.05, 3.63) is 42.2 Å². The van der Waals surface area contributed by atoms with Crippen molar-refractivity contribution in [2.45, 2.75) is 19.5 Å². The second-order valence-electron chi connectivity index (χ2n) is 4.53. The molecule has 0 aliphatic heterocycles. The third-order valence-electron chi connectivity index (χ3n) is 3.24. The van der Waals surface area contributed by atoms with E-state index < -0.39 is 0 Å². The minimum atomic E-state index is -0.364. The number of hydrogen-bond acceptors (Lipinski definition) is 4. The number of amides is 1. The molecule has 21 heavy (non-hydrogen) atoms. The highest BCUT2D eigenvalue weighted by atomic mass is 16.5. The van der Waals surface area contributed by atoms with Crippen molar-refractivity contribution in [3.8, 4) is 11.5 Å². The molecule has 0 saturated heterocycles. The zero-order chi connectivity index (χ0) is 15.2.